The molecule has 20 heavy (non-hydrogen) atoms. The van der Waals surface area contributed by atoms with Gasteiger partial charge in [-0.15, -0.1) is 0 Å². The number of nitrogens with zero attached hydrogens (tertiary/aromatic N) is 1. The van der Waals surface area contributed by atoms with Crippen LogP contribution in [0.15, 0.2) is 41.6 Å². The number of carbonyl (C=O) groups is 1. The monoisotopic (exact) mass is 281 g/mol. The second kappa shape index (κ2) is 16.6. The summed E-state index contributed by atoms with van der Waals surface area (Å²) < 4.78 is 0. The first-order chi connectivity index (χ1) is 9.63. The van der Waals surface area contributed by atoms with E-state index in [1.807, 2.05) is 0 Å². The fraction of sp³-hybridized carbons (Fsp3) is 0.308. The smallest absolute Gasteiger partial charge is 0.328 e. The van der Waals surface area contributed by atoms with Gasteiger partial charge in [-0.2, -0.15) is 0 Å². The predicted molar refractivity (Wildman–Crippen MR) is 82.8 cm³/mol. The number of aliphatic carboxylic acids is 1. The van der Waals surface area contributed by atoms with Gasteiger partial charge >= 0.3 is 5.97 Å². The lowest BCUT2D eigenvalue weighted by molar-refractivity contribution is -0.138. The van der Waals surface area contributed by atoms with Crippen molar-refractivity contribution in [2.75, 3.05) is 6.54 Å². The van der Waals surface area contributed by atoms with Crippen molar-refractivity contribution in [2.24, 2.45) is 22.2 Å². The molecule has 7 heteroatoms. The van der Waals surface area contributed by atoms with Gasteiger partial charge in [-0.3, -0.25) is 10.4 Å². The number of carboxylic acid groups (broad SMARTS) is 1. The minimum atomic E-state index is -0.926. The molecule has 112 valence electrons. The lowest BCUT2D eigenvalue weighted by atomic mass is 10.1. The number of carboxylic acids is 1. The highest BCUT2D eigenvalue weighted by Gasteiger charge is 2.13. The second-order valence-electron chi connectivity index (χ2n) is 3.40. The van der Waals surface area contributed by atoms with E-state index in [9.17, 15) is 4.79 Å². The third-order valence-electron chi connectivity index (χ3n) is 1.87. The highest BCUT2D eigenvalue weighted by molar-refractivity contribution is 5.79. The molecular formula is C13H23N5O2. The van der Waals surface area contributed by atoms with Crippen molar-refractivity contribution < 1.29 is 9.90 Å². The average Bonchev–Trinajstić information content (AvgIpc) is 2.41. The van der Waals surface area contributed by atoms with Crippen LogP contribution in [0.4, 0.5) is 0 Å². The van der Waals surface area contributed by atoms with E-state index in [1.54, 1.807) is 30.4 Å². The summed E-state index contributed by atoms with van der Waals surface area (Å²) in [6.45, 7) is 0.475. The molecule has 0 aromatic rings. The average molecular weight is 281 g/mol. The van der Waals surface area contributed by atoms with Gasteiger partial charge in [0.2, 0.25) is 0 Å². The van der Waals surface area contributed by atoms with Gasteiger partial charge in [0.25, 0.3) is 0 Å². The molecule has 0 amide bonds. The number of nitrogens with two attached hydrogens (primary N) is 3. The summed E-state index contributed by atoms with van der Waals surface area (Å²) >= 11 is 0. The van der Waals surface area contributed by atoms with Gasteiger partial charge in [0.1, 0.15) is 6.04 Å². The lowest BCUT2D eigenvalue weighted by Crippen LogP contribution is -2.19. The minimum absolute atomic E-state index is 0.460. The maximum atomic E-state index is 10.8. The Morgan fingerprint density at radius 2 is 1.75 bits per heavy atom. The van der Waals surface area contributed by atoms with E-state index in [-0.39, 0.29) is 0 Å². The summed E-state index contributed by atoms with van der Waals surface area (Å²) in [5.41, 5.74) is 14.8. The Labute approximate surface area is 119 Å². The summed E-state index contributed by atoms with van der Waals surface area (Å²) in [6.07, 6.45) is 13.4. The third kappa shape index (κ3) is 15.6. The van der Waals surface area contributed by atoms with Gasteiger partial charge in [-0.25, -0.2) is 4.79 Å². The number of hydrogen-bond donors (Lipinski definition) is 5. The van der Waals surface area contributed by atoms with Crippen molar-refractivity contribution in [2.45, 2.75) is 18.9 Å². The summed E-state index contributed by atoms with van der Waals surface area (Å²) in [4.78, 5) is 14.7. The van der Waals surface area contributed by atoms with Gasteiger partial charge in [0.15, 0.2) is 0 Å². The molecule has 0 fully saturated rings. The van der Waals surface area contributed by atoms with Crippen molar-refractivity contribution >= 4 is 18.5 Å². The molecule has 0 aromatic heterocycles. The number of rotatable bonds is 8. The zero-order valence-corrected chi connectivity index (χ0v) is 11.4. The molecule has 8 N–H and O–H groups in total. The quantitative estimate of drug-likeness (QED) is 0.247. The molecular weight excluding hydrogens is 258 g/mol. The Balaban J connectivity index is 0. The van der Waals surface area contributed by atoms with Crippen molar-refractivity contribution in [1.82, 2.24) is 0 Å². The lowest BCUT2D eigenvalue weighted by Gasteiger charge is -2.04. The van der Waals surface area contributed by atoms with Crippen LogP contribution < -0.4 is 17.2 Å². The molecule has 0 radical (unpaired) electrons. The molecule has 0 saturated carbocycles. The second-order valence-corrected chi connectivity index (χ2v) is 3.40. The Morgan fingerprint density at radius 3 is 2.25 bits per heavy atom. The molecule has 1 unspecified atom stereocenters. The van der Waals surface area contributed by atoms with Crippen LogP contribution in [0.5, 0.6) is 0 Å². The van der Waals surface area contributed by atoms with Crippen molar-refractivity contribution in [3.05, 3.63) is 36.6 Å². The van der Waals surface area contributed by atoms with Crippen molar-refractivity contribution in [1.29, 1.82) is 5.41 Å². The fourth-order valence-electron chi connectivity index (χ4n) is 1.03. The molecule has 0 aliphatic carbocycles. The third-order valence-corrected chi connectivity index (χ3v) is 1.87. The largest absolute Gasteiger partial charge is 0.480 e. The van der Waals surface area contributed by atoms with Gasteiger partial charge < -0.3 is 22.3 Å². The Bertz CT molecular complexity index is 362. The topological polar surface area (TPSA) is 152 Å². The number of aliphatic imine (C=N–C) groups is 1. The molecule has 0 aromatic carbocycles. The first-order valence-electron chi connectivity index (χ1n) is 6.00. The van der Waals surface area contributed by atoms with Gasteiger partial charge in [-0.05, 0) is 37.7 Å². The first kappa shape index (κ1) is 19.9. The molecule has 0 rings (SSSR count). The first-order valence-corrected chi connectivity index (χ1v) is 6.00. The highest BCUT2D eigenvalue weighted by atomic mass is 16.4. The molecule has 0 saturated heterocycles. The van der Waals surface area contributed by atoms with Crippen LogP contribution in [0.2, 0.25) is 0 Å². The molecule has 7 nitrogen and oxygen atoms in total. The predicted octanol–water partition coefficient (Wildman–Crippen LogP) is 0.386. The SMILES string of the molecule is N=CN.N\C=C/C=C/C=C/C=NC(CCCN)C(=O)O. The van der Waals surface area contributed by atoms with Gasteiger partial charge in [0.05, 0.1) is 6.34 Å². The standard InChI is InChI=1S/C12H19N3O2.CH4N2/c13-8-4-2-1-3-5-10-15-11(12(16)17)7-6-9-14;2-1-3/h1-5,8,10-11H,6-7,9,13-14H2,(H,16,17);1H,(H3,2,3)/b2-1+,5-3+,8-4-,15-10?;. The van der Waals surface area contributed by atoms with Crippen molar-refractivity contribution in [3.8, 4) is 0 Å². The molecule has 0 bridgehead atoms. The Kier molecular flexibility index (Phi) is 16.5. The Hall–Kier alpha value is -2.41. The van der Waals surface area contributed by atoms with E-state index in [0.717, 1.165) is 6.34 Å². The number of nitrogens with one attached hydrogen (secondary N) is 1. The van der Waals surface area contributed by atoms with Crippen LogP contribution in [-0.2, 0) is 4.79 Å². The normalized spacial score (nSPS) is 12.8. The fourth-order valence-corrected chi connectivity index (χ4v) is 1.03. The molecule has 0 aliphatic rings. The molecule has 0 spiro atoms. The molecule has 0 heterocycles. The van der Waals surface area contributed by atoms with Crippen molar-refractivity contribution in [3.63, 3.8) is 0 Å². The zero-order chi connectivity index (χ0) is 15.6. The number of allylic oxidation sites excluding steroid dienone is 5. The number of hydrogen-bond acceptors (Lipinski definition) is 5. The van der Waals surface area contributed by atoms with Crippen LogP contribution in [-0.4, -0.2) is 36.2 Å². The van der Waals surface area contributed by atoms with Gasteiger partial charge in [-0.1, -0.05) is 18.2 Å². The van der Waals surface area contributed by atoms with Gasteiger partial charge in [0, 0.05) is 6.21 Å². The summed E-state index contributed by atoms with van der Waals surface area (Å²) in [5, 5.41) is 14.7. The van der Waals surface area contributed by atoms with E-state index in [4.69, 9.17) is 22.0 Å². The molecule has 1 atom stereocenters. The van der Waals surface area contributed by atoms with E-state index >= 15 is 0 Å². The maximum absolute atomic E-state index is 10.8. The van der Waals surface area contributed by atoms with Crippen LogP contribution in [0.25, 0.3) is 0 Å². The summed E-state index contributed by atoms with van der Waals surface area (Å²) in [7, 11) is 0. The van der Waals surface area contributed by atoms with E-state index < -0.39 is 12.0 Å². The maximum Gasteiger partial charge on any atom is 0.328 e. The van der Waals surface area contributed by atoms with Crippen LogP contribution in [0, 0.1) is 5.41 Å². The zero-order valence-electron chi connectivity index (χ0n) is 11.4. The van der Waals surface area contributed by atoms with E-state index in [2.05, 4.69) is 10.7 Å². The van der Waals surface area contributed by atoms with E-state index in [0.29, 0.717) is 19.4 Å². The minimum Gasteiger partial charge on any atom is -0.480 e. The van der Waals surface area contributed by atoms with E-state index in [1.165, 1.54) is 12.4 Å². The van der Waals surface area contributed by atoms with Crippen LogP contribution in [0.1, 0.15) is 12.8 Å². The highest BCUT2D eigenvalue weighted by Crippen LogP contribution is 2.00. The summed E-state index contributed by atoms with van der Waals surface area (Å²) in [5.74, 6) is -0.926. The molecule has 0 aliphatic heterocycles. The Morgan fingerprint density at radius 1 is 1.20 bits per heavy atom. The summed E-state index contributed by atoms with van der Waals surface area (Å²) in [6, 6.07) is -0.712. The van der Waals surface area contributed by atoms with Crippen LogP contribution in [0.3, 0.4) is 0 Å². The van der Waals surface area contributed by atoms with Crippen LogP contribution >= 0.6 is 0 Å².